The second-order valence-electron chi connectivity index (χ2n) is 8.46. The van der Waals surface area contributed by atoms with Crippen LogP contribution in [0.1, 0.15) is 46.8 Å². The minimum atomic E-state index is -4.60. The van der Waals surface area contributed by atoms with Crippen LogP contribution in [0, 0.1) is 0 Å². The molecule has 5 amide bonds. The van der Waals surface area contributed by atoms with E-state index in [1.165, 1.54) is 15.9 Å². The molecule has 2 aliphatic heterocycles. The molecular formula is C24H22ClF3N4O4. The summed E-state index contributed by atoms with van der Waals surface area (Å²) in [5, 5.41) is 4.47. The Balaban J connectivity index is 1.42. The summed E-state index contributed by atoms with van der Waals surface area (Å²) in [4.78, 5) is 51.9. The van der Waals surface area contributed by atoms with Gasteiger partial charge in [0, 0.05) is 37.3 Å². The van der Waals surface area contributed by atoms with Gasteiger partial charge in [0.25, 0.3) is 5.91 Å². The fourth-order valence-electron chi connectivity index (χ4n) is 4.36. The molecular weight excluding hydrogens is 501 g/mol. The number of carbonyl (C=O) groups excluding carboxylic acids is 4. The molecule has 0 spiro atoms. The van der Waals surface area contributed by atoms with Crippen LogP contribution in [-0.4, -0.2) is 41.2 Å². The molecule has 190 valence electrons. The average Bonchev–Trinajstić information content (AvgIpc) is 3.13. The number of hydrogen-bond acceptors (Lipinski definition) is 4. The van der Waals surface area contributed by atoms with Crippen LogP contribution in [0.4, 0.5) is 23.7 Å². The van der Waals surface area contributed by atoms with E-state index >= 15 is 0 Å². The van der Waals surface area contributed by atoms with Crippen molar-refractivity contribution in [3.63, 3.8) is 0 Å². The number of hydrogen-bond donors (Lipinski definition) is 2. The zero-order valence-corrected chi connectivity index (χ0v) is 19.9. The van der Waals surface area contributed by atoms with Crippen LogP contribution in [0.5, 0.6) is 0 Å². The SMILES string of the molecule is CCN(C(=O)NCc1ccc2c(c1)CN(C1CCC(=O)NC1=O)C2=O)c1ccc(C(F)(F)F)c(Cl)c1. The number of alkyl halides is 3. The average molecular weight is 523 g/mol. The zero-order valence-electron chi connectivity index (χ0n) is 19.1. The van der Waals surface area contributed by atoms with Crippen LogP contribution < -0.4 is 15.5 Å². The molecule has 8 nitrogen and oxygen atoms in total. The van der Waals surface area contributed by atoms with Crippen molar-refractivity contribution >= 4 is 41.0 Å². The summed E-state index contributed by atoms with van der Waals surface area (Å²) in [5.41, 5.74) is 1.07. The maximum absolute atomic E-state index is 13.0. The van der Waals surface area contributed by atoms with E-state index < -0.39 is 34.7 Å². The monoisotopic (exact) mass is 522 g/mol. The third-order valence-corrected chi connectivity index (χ3v) is 6.48. The highest BCUT2D eigenvalue weighted by Crippen LogP contribution is 2.36. The lowest BCUT2D eigenvalue weighted by atomic mass is 10.0. The maximum atomic E-state index is 13.0. The molecule has 1 unspecified atom stereocenters. The van der Waals surface area contributed by atoms with E-state index in [1.54, 1.807) is 25.1 Å². The highest BCUT2D eigenvalue weighted by Gasteiger charge is 2.39. The van der Waals surface area contributed by atoms with Crippen LogP contribution in [-0.2, 0) is 28.9 Å². The standard InChI is InChI=1S/C24H22ClF3N4O4/c1-2-31(15-4-6-17(18(25)10-15)24(26,27)28)23(36)29-11-13-3-5-16-14(9-13)12-32(22(16)35)19-7-8-20(33)30-21(19)34/h3-6,9-10,19H,2,7-8,11-12H2,1H3,(H,29,36)(H,30,33,34). The second kappa shape index (κ2) is 9.81. The van der Waals surface area contributed by atoms with Crippen molar-refractivity contribution in [3.05, 3.63) is 63.7 Å². The van der Waals surface area contributed by atoms with Gasteiger partial charge in [0.1, 0.15) is 6.04 Å². The number of amides is 5. The molecule has 1 fully saturated rings. The predicted molar refractivity (Wildman–Crippen MR) is 124 cm³/mol. The normalized spacial score (nSPS) is 17.6. The van der Waals surface area contributed by atoms with Crippen LogP contribution >= 0.6 is 11.6 Å². The number of fused-ring (bicyclic) bond motifs is 1. The Morgan fingerprint density at radius 2 is 1.94 bits per heavy atom. The summed E-state index contributed by atoms with van der Waals surface area (Å²) in [7, 11) is 0. The number of nitrogens with zero attached hydrogens (tertiary/aromatic N) is 2. The third-order valence-electron chi connectivity index (χ3n) is 6.16. The summed E-state index contributed by atoms with van der Waals surface area (Å²) < 4.78 is 38.9. The van der Waals surface area contributed by atoms with Gasteiger partial charge in [0.2, 0.25) is 11.8 Å². The Labute approximate surface area is 209 Å². The molecule has 0 radical (unpaired) electrons. The Kier molecular flexibility index (Phi) is 6.94. The van der Waals surface area contributed by atoms with E-state index in [4.69, 9.17) is 11.6 Å². The highest BCUT2D eigenvalue weighted by molar-refractivity contribution is 6.31. The molecule has 2 aliphatic rings. The largest absolute Gasteiger partial charge is 0.417 e. The van der Waals surface area contributed by atoms with Crippen LogP contribution in [0.2, 0.25) is 5.02 Å². The van der Waals surface area contributed by atoms with E-state index in [-0.39, 0.29) is 50.0 Å². The van der Waals surface area contributed by atoms with Crippen molar-refractivity contribution in [1.82, 2.24) is 15.5 Å². The predicted octanol–water partition coefficient (Wildman–Crippen LogP) is 3.86. The number of piperidine rings is 1. The van der Waals surface area contributed by atoms with Gasteiger partial charge >= 0.3 is 12.2 Å². The van der Waals surface area contributed by atoms with E-state index in [9.17, 15) is 32.3 Å². The molecule has 0 bridgehead atoms. The van der Waals surface area contributed by atoms with Gasteiger partial charge in [-0.25, -0.2) is 4.79 Å². The first kappa shape index (κ1) is 25.5. The number of carbonyl (C=O) groups is 4. The molecule has 0 aliphatic carbocycles. The Morgan fingerprint density at radius 1 is 1.19 bits per heavy atom. The number of imide groups is 1. The van der Waals surface area contributed by atoms with Gasteiger partial charge < -0.3 is 10.2 Å². The van der Waals surface area contributed by atoms with E-state index in [0.717, 1.165) is 12.1 Å². The van der Waals surface area contributed by atoms with Crippen molar-refractivity contribution in [2.75, 3.05) is 11.4 Å². The lowest BCUT2D eigenvalue weighted by Crippen LogP contribution is -2.52. The van der Waals surface area contributed by atoms with Gasteiger partial charge in [-0.1, -0.05) is 23.7 Å². The fourth-order valence-corrected chi connectivity index (χ4v) is 4.64. The maximum Gasteiger partial charge on any atom is 0.417 e. The second-order valence-corrected chi connectivity index (χ2v) is 8.86. The van der Waals surface area contributed by atoms with E-state index in [2.05, 4.69) is 10.6 Å². The lowest BCUT2D eigenvalue weighted by Gasteiger charge is -2.29. The first-order valence-electron chi connectivity index (χ1n) is 11.2. The van der Waals surface area contributed by atoms with Gasteiger partial charge in [-0.3, -0.25) is 24.6 Å². The first-order valence-corrected chi connectivity index (χ1v) is 11.6. The number of rotatable bonds is 5. The smallest absolute Gasteiger partial charge is 0.334 e. The Hall–Kier alpha value is -3.60. The fraction of sp³-hybridized carbons (Fsp3) is 0.333. The van der Waals surface area contributed by atoms with Crippen LogP contribution in [0.15, 0.2) is 36.4 Å². The van der Waals surface area contributed by atoms with Gasteiger partial charge in [0.05, 0.1) is 10.6 Å². The van der Waals surface area contributed by atoms with Crippen LogP contribution in [0.3, 0.4) is 0 Å². The molecule has 0 aromatic heterocycles. The summed E-state index contributed by atoms with van der Waals surface area (Å²) >= 11 is 5.79. The Bertz CT molecular complexity index is 1250. The van der Waals surface area contributed by atoms with Crippen molar-refractivity contribution < 1.29 is 32.3 Å². The number of benzene rings is 2. The molecule has 2 aromatic rings. The molecule has 0 saturated carbocycles. The van der Waals surface area contributed by atoms with Gasteiger partial charge in [0.15, 0.2) is 0 Å². The number of urea groups is 1. The third kappa shape index (κ3) is 5.01. The zero-order chi connectivity index (χ0) is 26.2. The minimum Gasteiger partial charge on any atom is -0.334 e. The number of nitrogens with one attached hydrogen (secondary N) is 2. The summed E-state index contributed by atoms with van der Waals surface area (Å²) in [5.74, 6) is -1.16. The molecule has 36 heavy (non-hydrogen) atoms. The van der Waals surface area contributed by atoms with Crippen molar-refractivity contribution in [2.45, 2.75) is 45.1 Å². The topological polar surface area (TPSA) is 98.8 Å². The molecule has 2 heterocycles. The van der Waals surface area contributed by atoms with E-state index in [0.29, 0.717) is 16.7 Å². The van der Waals surface area contributed by atoms with Gasteiger partial charge in [-0.05, 0) is 48.7 Å². The highest BCUT2D eigenvalue weighted by atomic mass is 35.5. The quantitative estimate of drug-likeness (QED) is 0.583. The molecule has 1 saturated heterocycles. The van der Waals surface area contributed by atoms with Gasteiger partial charge in [-0.15, -0.1) is 0 Å². The first-order chi connectivity index (χ1) is 17.0. The van der Waals surface area contributed by atoms with Crippen molar-refractivity contribution in [2.24, 2.45) is 0 Å². The van der Waals surface area contributed by atoms with E-state index in [1.807, 2.05) is 0 Å². The number of anilines is 1. The molecule has 4 rings (SSSR count). The minimum absolute atomic E-state index is 0.101. The molecule has 2 N–H and O–H groups in total. The molecule has 2 aromatic carbocycles. The summed E-state index contributed by atoms with van der Waals surface area (Å²) in [6.07, 6.45) is -4.18. The Morgan fingerprint density at radius 3 is 2.58 bits per heavy atom. The summed E-state index contributed by atoms with van der Waals surface area (Å²) in [6, 6.07) is 6.91. The number of halogens is 4. The molecule has 1 atom stereocenters. The van der Waals surface area contributed by atoms with Crippen molar-refractivity contribution in [1.29, 1.82) is 0 Å². The van der Waals surface area contributed by atoms with Crippen LogP contribution in [0.25, 0.3) is 0 Å². The summed E-state index contributed by atoms with van der Waals surface area (Å²) in [6.45, 7) is 2.17. The lowest BCUT2D eigenvalue weighted by molar-refractivity contribution is -0.138. The van der Waals surface area contributed by atoms with Crippen molar-refractivity contribution in [3.8, 4) is 0 Å². The van der Waals surface area contributed by atoms with Gasteiger partial charge in [-0.2, -0.15) is 13.2 Å². The molecule has 12 heteroatoms.